The molecule has 1 atom stereocenters. The lowest BCUT2D eigenvalue weighted by atomic mass is 9.94. The van der Waals surface area contributed by atoms with E-state index in [2.05, 4.69) is 16.3 Å². The first-order chi connectivity index (χ1) is 13.7. The Kier molecular flexibility index (Phi) is 5.91. The number of nitrogens with zero attached hydrogens (tertiary/aromatic N) is 2. The molecule has 2 aromatic carbocycles. The summed E-state index contributed by atoms with van der Waals surface area (Å²) in [5.74, 6) is 0.541. The number of hydrogen-bond donors (Lipinski definition) is 1. The van der Waals surface area contributed by atoms with Gasteiger partial charge in [-0.15, -0.1) is 0 Å². The molecule has 1 N–H and O–H groups in total. The molecule has 1 unspecified atom stereocenters. The first kappa shape index (κ1) is 18.9. The Hall–Kier alpha value is -2.40. The Morgan fingerprint density at radius 3 is 2.64 bits per heavy atom. The van der Waals surface area contributed by atoms with Gasteiger partial charge in [-0.25, -0.2) is 4.39 Å². The van der Waals surface area contributed by atoms with Crippen molar-refractivity contribution in [2.24, 2.45) is 5.92 Å². The van der Waals surface area contributed by atoms with E-state index in [1.807, 2.05) is 35.2 Å². The van der Waals surface area contributed by atoms with Crippen molar-refractivity contribution in [1.82, 2.24) is 10.2 Å². The summed E-state index contributed by atoms with van der Waals surface area (Å²) in [4.78, 5) is 17.5. The molecule has 148 valence electrons. The van der Waals surface area contributed by atoms with Crippen molar-refractivity contribution in [3.63, 3.8) is 0 Å². The largest absolute Gasteiger partial charge is 0.370 e. The summed E-state index contributed by atoms with van der Waals surface area (Å²) >= 11 is 0. The molecule has 0 aromatic heterocycles. The molecule has 4 nitrogen and oxygen atoms in total. The highest BCUT2D eigenvalue weighted by atomic mass is 19.1. The van der Waals surface area contributed by atoms with Crippen LogP contribution in [-0.4, -0.2) is 50.1 Å². The van der Waals surface area contributed by atoms with E-state index in [0.29, 0.717) is 12.5 Å². The second-order valence-electron chi connectivity index (χ2n) is 7.83. The van der Waals surface area contributed by atoms with Gasteiger partial charge >= 0.3 is 0 Å². The minimum atomic E-state index is -0.218. The first-order valence-corrected chi connectivity index (χ1v) is 10.3. The summed E-state index contributed by atoms with van der Waals surface area (Å²) < 4.78 is 13.2. The van der Waals surface area contributed by atoms with E-state index in [9.17, 15) is 9.18 Å². The molecule has 2 aromatic rings. The van der Waals surface area contributed by atoms with Crippen LogP contribution in [0.1, 0.15) is 28.8 Å². The second kappa shape index (κ2) is 8.74. The number of nitrogens with one attached hydrogen (secondary N) is 1. The number of rotatable bonds is 4. The Labute approximate surface area is 166 Å². The van der Waals surface area contributed by atoms with Gasteiger partial charge in [0.1, 0.15) is 5.82 Å². The molecule has 0 saturated carbocycles. The molecule has 0 aliphatic carbocycles. The third-order valence-corrected chi connectivity index (χ3v) is 5.89. The van der Waals surface area contributed by atoms with Crippen LogP contribution >= 0.6 is 0 Å². The van der Waals surface area contributed by atoms with Crippen LogP contribution in [0.15, 0.2) is 48.5 Å². The Balaban J connectivity index is 1.44. The van der Waals surface area contributed by atoms with Crippen molar-refractivity contribution < 1.29 is 9.18 Å². The van der Waals surface area contributed by atoms with Crippen LogP contribution in [0, 0.1) is 11.7 Å². The zero-order valence-electron chi connectivity index (χ0n) is 16.2. The van der Waals surface area contributed by atoms with E-state index in [0.717, 1.165) is 56.8 Å². The number of carbonyl (C=O) groups excluding carboxylic acids is 1. The minimum Gasteiger partial charge on any atom is -0.370 e. The summed E-state index contributed by atoms with van der Waals surface area (Å²) in [5, 5.41) is 3.41. The molecule has 0 radical (unpaired) electrons. The fraction of sp³-hybridized carbons (Fsp3) is 0.435. The van der Waals surface area contributed by atoms with Crippen molar-refractivity contribution >= 4 is 11.6 Å². The molecule has 2 aliphatic heterocycles. The average Bonchev–Trinajstić information content (AvgIpc) is 3.10. The number of benzene rings is 2. The Bertz CT molecular complexity index is 802. The van der Waals surface area contributed by atoms with Crippen molar-refractivity contribution in [3.05, 3.63) is 65.5 Å². The minimum absolute atomic E-state index is 0.141. The number of halogens is 1. The highest BCUT2D eigenvalue weighted by Crippen LogP contribution is 2.22. The van der Waals surface area contributed by atoms with Gasteiger partial charge in [0.15, 0.2) is 0 Å². The number of hydrogen-bond acceptors (Lipinski definition) is 3. The summed E-state index contributed by atoms with van der Waals surface area (Å²) in [5.41, 5.74) is 3.04. The Morgan fingerprint density at radius 2 is 1.86 bits per heavy atom. The van der Waals surface area contributed by atoms with Gasteiger partial charge in [0.25, 0.3) is 5.91 Å². The molecular weight excluding hydrogens is 353 g/mol. The van der Waals surface area contributed by atoms with Crippen LogP contribution in [0.25, 0.3) is 0 Å². The average molecular weight is 381 g/mol. The maximum atomic E-state index is 13.3. The van der Waals surface area contributed by atoms with Gasteiger partial charge in [-0.2, -0.15) is 0 Å². The first-order valence-electron chi connectivity index (χ1n) is 10.3. The zero-order chi connectivity index (χ0) is 19.3. The van der Waals surface area contributed by atoms with Crippen molar-refractivity contribution in [3.8, 4) is 0 Å². The monoisotopic (exact) mass is 381 g/mol. The Morgan fingerprint density at radius 1 is 1.04 bits per heavy atom. The summed E-state index contributed by atoms with van der Waals surface area (Å²) in [6.07, 6.45) is 3.06. The summed E-state index contributed by atoms with van der Waals surface area (Å²) in [6, 6.07) is 14.7. The van der Waals surface area contributed by atoms with Gasteiger partial charge in [-0.1, -0.05) is 18.2 Å². The lowest BCUT2D eigenvalue weighted by Crippen LogP contribution is -2.35. The maximum Gasteiger partial charge on any atom is 0.254 e. The third kappa shape index (κ3) is 4.36. The predicted molar refractivity (Wildman–Crippen MR) is 110 cm³/mol. The molecule has 28 heavy (non-hydrogen) atoms. The van der Waals surface area contributed by atoms with E-state index in [1.54, 1.807) is 0 Å². The molecule has 4 rings (SSSR count). The normalized spacial score (nSPS) is 20.2. The highest BCUT2D eigenvalue weighted by Gasteiger charge is 2.24. The van der Waals surface area contributed by atoms with Gasteiger partial charge in [-0.05, 0) is 74.2 Å². The molecule has 1 amide bonds. The number of amides is 1. The van der Waals surface area contributed by atoms with Crippen molar-refractivity contribution in [2.75, 3.05) is 44.2 Å². The predicted octanol–water partition coefficient (Wildman–Crippen LogP) is 3.33. The van der Waals surface area contributed by atoms with E-state index in [1.165, 1.54) is 24.1 Å². The summed E-state index contributed by atoms with van der Waals surface area (Å²) in [6.45, 7) is 5.22. The standard InChI is InChI=1S/C23H28FN3O/c24-20-6-8-21(9-7-20)26-12-3-13-27(15-14-26)23(28)22-5-2-1-4-19(22)16-18-10-11-25-17-18/h1-2,4-9,18,25H,3,10-17H2. The molecule has 0 bridgehead atoms. The van der Waals surface area contributed by atoms with Crippen LogP contribution in [-0.2, 0) is 6.42 Å². The SMILES string of the molecule is O=C(c1ccccc1CC1CCNC1)N1CCCN(c2ccc(F)cc2)CC1. The van der Waals surface area contributed by atoms with Gasteiger partial charge in [0.05, 0.1) is 0 Å². The quantitative estimate of drug-likeness (QED) is 0.882. The second-order valence-corrected chi connectivity index (χ2v) is 7.83. The lowest BCUT2D eigenvalue weighted by Gasteiger charge is -2.24. The molecular formula is C23H28FN3O. The van der Waals surface area contributed by atoms with Crippen molar-refractivity contribution in [1.29, 1.82) is 0 Å². The smallest absolute Gasteiger partial charge is 0.254 e. The van der Waals surface area contributed by atoms with Crippen LogP contribution in [0.2, 0.25) is 0 Å². The summed E-state index contributed by atoms with van der Waals surface area (Å²) in [7, 11) is 0. The van der Waals surface area contributed by atoms with E-state index < -0.39 is 0 Å². The van der Waals surface area contributed by atoms with Crippen LogP contribution in [0.3, 0.4) is 0 Å². The topological polar surface area (TPSA) is 35.6 Å². The molecule has 2 aliphatic rings. The van der Waals surface area contributed by atoms with Crippen molar-refractivity contribution in [2.45, 2.75) is 19.3 Å². The highest BCUT2D eigenvalue weighted by molar-refractivity contribution is 5.95. The lowest BCUT2D eigenvalue weighted by molar-refractivity contribution is 0.0765. The fourth-order valence-electron chi connectivity index (χ4n) is 4.31. The van der Waals surface area contributed by atoms with Crippen LogP contribution in [0.4, 0.5) is 10.1 Å². The molecule has 0 spiro atoms. The number of carbonyl (C=O) groups is 1. The van der Waals surface area contributed by atoms with Gasteiger partial charge in [-0.3, -0.25) is 4.79 Å². The molecule has 2 heterocycles. The zero-order valence-corrected chi connectivity index (χ0v) is 16.2. The van der Waals surface area contributed by atoms with Crippen LogP contribution in [0.5, 0.6) is 0 Å². The molecule has 2 fully saturated rings. The third-order valence-electron chi connectivity index (χ3n) is 5.89. The van der Waals surface area contributed by atoms with Crippen LogP contribution < -0.4 is 10.2 Å². The van der Waals surface area contributed by atoms with E-state index in [4.69, 9.17) is 0 Å². The van der Waals surface area contributed by atoms with Gasteiger partial charge in [0.2, 0.25) is 0 Å². The molecule has 5 heteroatoms. The van der Waals surface area contributed by atoms with E-state index in [-0.39, 0.29) is 11.7 Å². The molecule has 2 saturated heterocycles. The van der Waals surface area contributed by atoms with Gasteiger partial charge in [0, 0.05) is 37.4 Å². The van der Waals surface area contributed by atoms with Gasteiger partial charge < -0.3 is 15.1 Å². The maximum absolute atomic E-state index is 13.3. The van der Waals surface area contributed by atoms with E-state index >= 15 is 0 Å². The fourth-order valence-corrected chi connectivity index (χ4v) is 4.31. The number of anilines is 1.